The molecule has 5 N–H and O–H groups in total. The number of rotatable bonds is 6. The SMILES string of the molecule is [N-]=[N+]=NC(O)[C@H](O)[C@@H](O)[C@@H](O)[C@H](O)C=O. The Labute approximate surface area is 83.8 Å². The summed E-state index contributed by atoms with van der Waals surface area (Å²) in [6.45, 7) is 0. The number of hydrogen-bond acceptors (Lipinski definition) is 7. The molecule has 0 aromatic heterocycles. The minimum absolute atomic E-state index is 0.0550. The number of azide groups is 1. The number of carbonyl (C=O) groups excluding carboxylic acids is 1. The van der Waals surface area contributed by atoms with Crippen LogP contribution in [0, 0.1) is 0 Å². The summed E-state index contributed by atoms with van der Waals surface area (Å²) in [6, 6.07) is 0. The Balaban J connectivity index is 4.48. The van der Waals surface area contributed by atoms with E-state index in [1.54, 1.807) is 0 Å². The van der Waals surface area contributed by atoms with Crippen molar-refractivity contribution in [1.82, 2.24) is 0 Å². The van der Waals surface area contributed by atoms with Crippen molar-refractivity contribution in [2.24, 2.45) is 5.11 Å². The molecule has 0 aromatic rings. The van der Waals surface area contributed by atoms with Crippen LogP contribution in [0.25, 0.3) is 10.4 Å². The van der Waals surface area contributed by atoms with Gasteiger partial charge in [0.15, 0.2) is 12.5 Å². The summed E-state index contributed by atoms with van der Waals surface area (Å²) >= 11 is 0. The molecule has 9 heteroatoms. The predicted octanol–water partition coefficient (Wildman–Crippen LogP) is -2.74. The fourth-order valence-electron chi connectivity index (χ4n) is 0.782. The largest absolute Gasteiger partial charge is 0.387 e. The maximum atomic E-state index is 10.0. The first-order valence-corrected chi connectivity index (χ1v) is 3.85. The summed E-state index contributed by atoms with van der Waals surface area (Å²) in [4.78, 5) is 12.2. The molecule has 0 aliphatic carbocycles. The minimum Gasteiger partial charge on any atom is -0.387 e. The monoisotopic (exact) mass is 221 g/mol. The van der Waals surface area contributed by atoms with Crippen molar-refractivity contribution in [2.75, 3.05) is 0 Å². The van der Waals surface area contributed by atoms with Gasteiger partial charge in [0.25, 0.3) is 0 Å². The average molecular weight is 221 g/mol. The molecule has 0 radical (unpaired) electrons. The van der Waals surface area contributed by atoms with Gasteiger partial charge in [0, 0.05) is 4.91 Å². The Morgan fingerprint density at radius 1 is 1.07 bits per heavy atom. The molecule has 5 atom stereocenters. The molecule has 86 valence electrons. The third-order valence-corrected chi connectivity index (χ3v) is 1.66. The van der Waals surface area contributed by atoms with Crippen LogP contribution in [-0.2, 0) is 4.79 Å². The van der Waals surface area contributed by atoms with Crippen molar-refractivity contribution in [2.45, 2.75) is 30.6 Å². The van der Waals surface area contributed by atoms with Crippen LogP contribution in [0.15, 0.2) is 5.11 Å². The number of aliphatic hydroxyl groups excluding tert-OH is 5. The highest BCUT2D eigenvalue weighted by atomic mass is 16.4. The zero-order valence-electron chi connectivity index (χ0n) is 7.45. The van der Waals surface area contributed by atoms with E-state index < -0.39 is 30.6 Å². The van der Waals surface area contributed by atoms with Gasteiger partial charge in [-0.3, -0.25) is 0 Å². The maximum absolute atomic E-state index is 10.0. The van der Waals surface area contributed by atoms with E-state index in [4.69, 9.17) is 31.1 Å². The molecule has 9 nitrogen and oxygen atoms in total. The number of aliphatic hydroxyl groups is 5. The second kappa shape index (κ2) is 6.30. The lowest BCUT2D eigenvalue weighted by molar-refractivity contribution is -0.143. The second-order valence-electron chi connectivity index (χ2n) is 2.72. The van der Waals surface area contributed by atoms with Gasteiger partial charge in [-0.2, -0.15) is 0 Å². The fraction of sp³-hybridized carbons (Fsp3) is 0.833. The van der Waals surface area contributed by atoms with E-state index in [2.05, 4.69) is 10.0 Å². The normalized spacial score (nSPS) is 20.6. The van der Waals surface area contributed by atoms with E-state index in [-0.39, 0.29) is 6.29 Å². The lowest BCUT2D eigenvalue weighted by Gasteiger charge is -2.25. The molecule has 0 rings (SSSR count). The van der Waals surface area contributed by atoms with Crippen molar-refractivity contribution in [3.8, 4) is 0 Å². The molecule has 0 aliphatic rings. The number of nitrogens with zero attached hydrogens (tertiary/aromatic N) is 3. The number of carbonyl (C=O) groups is 1. The lowest BCUT2D eigenvalue weighted by atomic mass is 10.0. The molecule has 0 amide bonds. The van der Waals surface area contributed by atoms with Crippen LogP contribution in [0.4, 0.5) is 0 Å². The van der Waals surface area contributed by atoms with Crippen molar-refractivity contribution in [3.63, 3.8) is 0 Å². The van der Waals surface area contributed by atoms with Gasteiger partial charge in [0.2, 0.25) is 0 Å². The van der Waals surface area contributed by atoms with Crippen LogP contribution in [0.3, 0.4) is 0 Å². The average Bonchev–Trinajstić information content (AvgIpc) is 2.25. The first-order chi connectivity index (χ1) is 6.95. The van der Waals surface area contributed by atoms with Crippen LogP contribution in [0.5, 0.6) is 0 Å². The van der Waals surface area contributed by atoms with E-state index in [0.717, 1.165) is 0 Å². The molecule has 15 heavy (non-hydrogen) atoms. The highest BCUT2D eigenvalue weighted by Gasteiger charge is 2.33. The van der Waals surface area contributed by atoms with Crippen LogP contribution < -0.4 is 0 Å². The van der Waals surface area contributed by atoms with E-state index in [0.29, 0.717) is 0 Å². The maximum Gasteiger partial charge on any atom is 0.161 e. The number of hydrogen-bond donors (Lipinski definition) is 5. The molecule has 0 spiro atoms. The molecule has 0 aliphatic heterocycles. The summed E-state index contributed by atoms with van der Waals surface area (Å²) in [6.07, 6.45) is -9.97. The molecular weight excluding hydrogens is 210 g/mol. The van der Waals surface area contributed by atoms with E-state index >= 15 is 0 Å². The third kappa shape index (κ3) is 3.80. The Bertz CT molecular complexity index is 255. The smallest absolute Gasteiger partial charge is 0.161 e. The topological polar surface area (TPSA) is 167 Å². The summed E-state index contributed by atoms with van der Waals surface area (Å²) in [7, 11) is 0. The van der Waals surface area contributed by atoms with Gasteiger partial charge in [-0.15, -0.1) is 0 Å². The van der Waals surface area contributed by atoms with Gasteiger partial charge >= 0.3 is 0 Å². The molecule has 0 aromatic carbocycles. The predicted molar refractivity (Wildman–Crippen MR) is 45.2 cm³/mol. The number of aldehydes is 1. The summed E-state index contributed by atoms with van der Waals surface area (Å²) in [5.41, 5.74) is 7.90. The Morgan fingerprint density at radius 2 is 1.60 bits per heavy atom. The van der Waals surface area contributed by atoms with Gasteiger partial charge in [0.05, 0.1) is 0 Å². The van der Waals surface area contributed by atoms with E-state index in [1.807, 2.05) is 0 Å². The highest BCUT2D eigenvalue weighted by molar-refractivity contribution is 5.56. The minimum atomic E-state index is -2.02. The first-order valence-electron chi connectivity index (χ1n) is 3.85. The lowest BCUT2D eigenvalue weighted by Crippen LogP contribution is -2.48. The van der Waals surface area contributed by atoms with Crippen LogP contribution >= 0.6 is 0 Å². The quantitative estimate of drug-likeness (QED) is 0.141. The Hall–Kier alpha value is -1.22. The van der Waals surface area contributed by atoms with Crippen LogP contribution in [-0.4, -0.2) is 62.5 Å². The van der Waals surface area contributed by atoms with Crippen molar-refractivity contribution in [1.29, 1.82) is 0 Å². The molecule has 0 fully saturated rings. The van der Waals surface area contributed by atoms with Crippen molar-refractivity contribution >= 4 is 6.29 Å². The summed E-state index contributed by atoms with van der Waals surface area (Å²) in [5, 5.41) is 47.6. The van der Waals surface area contributed by atoms with Gasteiger partial charge in [-0.1, -0.05) is 5.11 Å². The standard InChI is InChI=1S/C6H11N3O6/c7-9-8-6(15)5(14)4(13)3(12)2(11)1-10/h1-6,11-15H/t2-,3+,4+,5-,6?/m1/s1. The molecule has 0 saturated heterocycles. The van der Waals surface area contributed by atoms with Crippen LogP contribution in [0.1, 0.15) is 0 Å². The summed E-state index contributed by atoms with van der Waals surface area (Å²) < 4.78 is 0. The van der Waals surface area contributed by atoms with Crippen LogP contribution in [0.2, 0.25) is 0 Å². The van der Waals surface area contributed by atoms with Gasteiger partial charge < -0.3 is 30.3 Å². The van der Waals surface area contributed by atoms with E-state index in [1.165, 1.54) is 0 Å². The van der Waals surface area contributed by atoms with Gasteiger partial charge in [-0.05, 0) is 5.53 Å². The summed E-state index contributed by atoms with van der Waals surface area (Å²) in [5.74, 6) is 0. The Kier molecular flexibility index (Phi) is 5.79. The third-order valence-electron chi connectivity index (χ3n) is 1.66. The molecule has 0 heterocycles. The van der Waals surface area contributed by atoms with Crippen molar-refractivity contribution in [3.05, 3.63) is 10.4 Å². The fourth-order valence-corrected chi connectivity index (χ4v) is 0.782. The van der Waals surface area contributed by atoms with Crippen molar-refractivity contribution < 1.29 is 30.3 Å². The zero-order chi connectivity index (χ0) is 12.0. The zero-order valence-corrected chi connectivity index (χ0v) is 7.45. The molecule has 0 saturated carbocycles. The molecule has 1 unspecified atom stereocenters. The molecular formula is C6H11N3O6. The molecule has 0 bridgehead atoms. The first kappa shape index (κ1) is 13.8. The van der Waals surface area contributed by atoms with E-state index in [9.17, 15) is 4.79 Å². The van der Waals surface area contributed by atoms with Gasteiger partial charge in [-0.25, -0.2) is 0 Å². The van der Waals surface area contributed by atoms with Gasteiger partial charge in [0.1, 0.15) is 24.4 Å². The Morgan fingerprint density at radius 3 is 2.00 bits per heavy atom. The highest BCUT2D eigenvalue weighted by Crippen LogP contribution is 2.08. The second-order valence-corrected chi connectivity index (χ2v) is 2.72.